The molecule has 0 N–H and O–H groups in total. The molecule has 1 unspecified atom stereocenters. The fourth-order valence-corrected chi connectivity index (χ4v) is 2.31. The molecule has 0 aliphatic heterocycles. The Kier molecular flexibility index (Phi) is 4.47. The summed E-state index contributed by atoms with van der Waals surface area (Å²) in [6, 6.07) is 2.88. The van der Waals surface area contributed by atoms with Crippen LogP contribution in [-0.2, 0) is 0 Å². The SMILES string of the molecule is Cc1cc(C(Br)C(F)(F)C(F)F)c(C)cc1Cl. The maximum absolute atomic E-state index is 13.2. The number of hydrogen-bond acceptors (Lipinski definition) is 0. The van der Waals surface area contributed by atoms with E-state index in [0.717, 1.165) is 0 Å². The molecule has 0 amide bonds. The van der Waals surface area contributed by atoms with Crippen LogP contribution in [0.2, 0.25) is 5.02 Å². The second-order valence-corrected chi connectivity index (χ2v) is 5.12. The fraction of sp³-hybridized carbons (Fsp3) is 0.455. The average molecular weight is 334 g/mol. The number of hydrogen-bond donors (Lipinski definition) is 0. The van der Waals surface area contributed by atoms with Crippen LogP contribution >= 0.6 is 27.5 Å². The normalized spacial score (nSPS) is 14.2. The van der Waals surface area contributed by atoms with Gasteiger partial charge in [-0.05, 0) is 36.6 Å². The van der Waals surface area contributed by atoms with Gasteiger partial charge in [-0.25, -0.2) is 8.78 Å². The van der Waals surface area contributed by atoms with Crippen molar-refractivity contribution < 1.29 is 17.6 Å². The first-order chi connectivity index (χ1) is 7.67. The van der Waals surface area contributed by atoms with Gasteiger partial charge in [0.25, 0.3) is 0 Å². The van der Waals surface area contributed by atoms with Crippen LogP contribution in [0.4, 0.5) is 17.6 Å². The van der Waals surface area contributed by atoms with Gasteiger partial charge in [-0.3, -0.25) is 0 Å². The van der Waals surface area contributed by atoms with Crippen LogP contribution in [0.1, 0.15) is 21.5 Å². The van der Waals surface area contributed by atoms with E-state index in [-0.39, 0.29) is 5.56 Å². The van der Waals surface area contributed by atoms with E-state index < -0.39 is 17.2 Å². The largest absolute Gasteiger partial charge is 0.323 e. The van der Waals surface area contributed by atoms with Crippen molar-refractivity contribution in [2.24, 2.45) is 0 Å². The molecule has 0 radical (unpaired) electrons. The van der Waals surface area contributed by atoms with E-state index in [1.807, 2.05) is 0 Å². The second kappa shape index (κ2) is 5.14. The van der Waals surface area contributed by atoms with Crippen molar-refractivity contribution in [3.8, 4) is 0 Å². The molecule has 96 valence electrons. The van der Waals surface area contributed by atoms with Gasteiger partial charge in [0, 0.05) is 5.02 Å². The molecular formula is C11H10BrClF4. The molecule has 1 atom stereocenters. The van der Waals surface area contributed by atoms with Crippen molar-refractivity contribution in [3.63, 3.8) is 0 Å². The molecule has 0 heterocycles. The Bertz CT molecular complexity index is 420. The molecule has 0 fully saturated rings. The predicted octanol–water partition coefficient (Wildman–Crippen LogP) is 5.29. The second-order valence-electron chi connectivity index (χ2n) is 3.80. The minimum Gasteiger partial charge on any atom is -0.204 e. The molecule has 1 aromatic rings. The molecular weight excluding hydrogens is 323 g/mol. The molecule has 0 nitrogen and oxygen atoms in total. The number of aryl methyl sites for hydroxylation is 2. The van der Waals surface area contributed by atoms with Crippen LogP contribution in [0, 0.1) is 13.8 Å². The van der Waals surface area contributed by atoms with Gasteiger partial charge < -0.3 is 0 Å². The van der Waals surface area contributed by atoms with Crippen LogP contribution < -0.4 is 0 Å². The quantitative estimate of drug-likeness (QED) is 0.520. The summed E-state index contributed by atoms with van der Waals surface area (Å²) in [5, 5.41) is 0.423. The van der Waals surface area contributed by atoms with E-state index in [0.29, 0.717) is 16.1 Å². The van der Waals surface area contributed by atoms with E-state index in [1.165, 1.54) is 12.1 Å². The van der Waals surface area contributed by atoms with Crippen molar-refractivity contribution in [3.05, 3.63) is 33.8 Å². The van der Waals surface area contributed by atoms with Crippen molar-refractivity contribution in [1.29, 1.82) is 0 Å². The highest BCUT2D eigenvalue weighted by Crippen LogP contribution is 2.44. The summed E-state index contributed by atoms with van der Waals surface area (Å²) in [4.78, 5) is -1.73. The Balaban J connectivity index is 3.21. The topological polar surface area (TPSA) is 0 Å². The smallest absolute Gasteiger partial charge is 0.204 e. The minimum atomic E-state index is -4.12. The lowest BCUT2D eigenvalue weighted by Gasteiger charge is -2.23. The summed E-state index contributed by atoms with van der Waals surface area (Å²) < 4.78 is 50.9. The van der Waals surface area contributed by atoms with Gasteiger partial charge in [0.05, 0.1) is 0 Å². The zero-order chi connectivity index (χ0) is 13.4. The highest BCUT2D eigenvalue weighted by atomic mass is 79.9. The lowest BCUT2D eigenvalue weighted by atomic mass is 9.99. The van der Waals surface area contributed by atoms with Crippen LogP contribution in [-0.4, -0.2) is 12.3 Å². The lowest BCUT2D eigenvalue weighted by molar-refractivity contribution is -0.127. The summed E-state index contributed by atoms with van der Waals surface area (Å²) in [6.45, 7) is 3.18. The van der Waals surface area contributed by atoms with E-state index in [9.17, 15) is 17.6 Å². The Morgan fingerprint density at radius 3 is 2.18 bits per heavy atom. The number of rotatable bonds is 3. The summed E-state index contributed by atoms with van der Waals surface area (Å²) in [6.07, 6.45) is -3.72. The molecule has 6 heteroatoms. The molecule has 0 bridgehead atoms. The van der Waals surface area contributed by atoms with Gasteiger partial charge >= 0.3 is 12.3 Å². The zero-order valence-electron chi connectivity index (χ0n) is 9.08. The Hall–Kier alpha value is -0.290. The lowest BCUT2D eigenvalue weighted by Crippen LogP contribution is -2.31. The van der Waals surface area contributed by atoms with Crippen LogP contribution in [0.25, 0.3) is 0 Å². The molecule has 1 rings (SSSR count). The molecule has 1 aromatic carbocycles. The molecule has 0 aromatic heterocycles. The third-order valence-electron chi connectivity index (χ3n) is 2.45. The maximum Gasteiger partial charge on any atom is 0.323 e. The van der Waals surface area contributed by atoms with Gasteiger partial charge in [0.15, 0.2) is 0 Å². The van der Waals surface area contributed by atoms with Crippen LogP contribution in [0.5, 0.6) is 0 Å². The maximum atomic E-state index is 13.2. The van der Waals surface area contributed by atoms with Crippen molar-refractivity contribution in [1.82, 2.24) is 0 Å². The number of halogens is 6. The molecule has 0 aliphatic carbocycles. The van der Waals surface area contributed by atoms with E-state index >= 15 is 0 Å². The van der Waals surface area contributed by atoms with Crippen molar-refractivity contribution in [2.45, 2.75) is 31.0 Å². The minimum absolute atomic E-state index is 0.122. The molecule has 0 spiro atoms. The van der Waals surface area contributed by atoms with Crippen LogP contribution in [0.15, 0.2) is 12.1 Å². The Morgan fingerprint density at radius 2 is 1.71 bits per heavy atom. The number of alkyl halides is 5. The van der Waals surface area contributed by atoms with Gasteiger partial charge in [-0.1, -0.05) is 33.6 Å². The van der Waals surface area contributed by atoms with Gasteiger partial charge in [-0.15, -0.1) is 0 Å². The van der Waals surface area contributed by atoms with Crippen molar-refractivity contribution in [2.75, 3.05) is 0 Å². The highest BCUT2D eigenvalue weighted by molar-refractivity contribution is 9.09. The predicted molar refractivity (Wildman–Crippen MR) is 63.5 cm³/mol. The van der Waals surface area contributed by atoms with E-state index in [1.54, 1.807) is 13.8 Å². The summed E-state index contributed by atoms with van der Waals surface area (Å²) in [5.41, 5.74) is 1.14. The summed E-state index contributed by atoms with van der Waals surface area (Å²) >= 11 is 8.46. The number of benzene rings is 1. The van der Waals surface area contributed by atoms with E-state index in [4.69, 9.17) is 11.6 Å². The third kappa shape index (κ3) is 2.94. The average Bonchev–Trinajstić information content (AvgIpc) is 2.22. The molecule has 0 aliphatic rings. The summed E-state index contributed by atoms with van der Waals surface area (Å²) in [5.74, 6) is -4.12. The standard InChI is InChI=1S/C11H10BrClF4/c1-5-4-8(13)6(2)3-7(5)9(12)11(16,17)10(14)15/h3-4,9-10H,1-2H3. The zero-order valence-corrected chi connectivity index (χ0v) is 11.4. The van der Waals surface area contributed by atoms with Gasteiger partial charge in [0.2, 0.25) is 0 Å². The Labute approximate surface area is 110 Å². The van der Waals surface area contributed by atoms with Crippen LogP contribution in [0.3, 0.4) is 0 Å². The fourth-order valence-electron chi connectivity index (χ4n) is 1.39. The highest BCUT2D eigenvalue weighted by Gasteiger charge is 2.48. The first kappa shape index (κ1) is 14.8. The van der Waals surface area contributed by atoms with Gasteiger partial charge in [0.1, 0.15) is 4.83 Å². The molecule has 0 saturated carbocycles. The molecule has 17 heavy (non-hydrogen) atoms. The monoisotopic (exact) mass is 332 g/mol. The molecule has 0 saturated heterocycles. The first-order valence-corrected chi connectivity index (χ1v) is 6.04. The summed E-state index contributed by atoms with van der Waals surface area (Å²) in [7, 11) is 0. The van der Waals surface area contributed by atoms with Crippen molar-refractivity contribution >= 4 is 27.5 Å². The van der Waals surface area contributed by atoms with E-state index in [2.05, 4.69) is 15.9 Å². The third-order valence-corrected chi connectivity index (χ3v) is 3.96. The van der Waals surface area contributed by atoms with Gasteiger partial charge in [-0.2, -0.15) is 8.78 Å². The first-order valence-electron chi connectivity index (χ1n) is 4.74. The Morgan fingerprint density at radius 1 is 1.18 bits per heavy atom.